The maximum atomic E-state index is 5.85. The summed E-state index contributed by atoms with van der Waals surface area (Å²) in [5, 5.41) is 11.6. The van der Waals surface area contributed by atoms with E-state index < -0.39 is 0 Å². The minimum atomic E-state index is -0.103. The van der Waals surface area contributed by atoms with E-state index in [0.29, 0.717) is 12.6 Å². The summed E-state index contributed by atoms with van der Waals surface area (Å²) in [6, 6.07) is 0.292. The second-order valence-electron chi connectivity index (χ2n) is 5.66. The van der Waals surface area contributed by atoms with Gasteiger partial charge in [0.25, 0.3) is 0 Å². The van der Waals surface area contributed by atoms with E-state index in [-0.39, 0.29) is 5.60 Å². The highest BCUT2D eigenvalue weighted by Crippen LogP contribution is 2.09. The molecule has 0 aliphatic rings. The van der Waals surface area contributed by atoms with E-state index in [0.717, 1.165) is 25.1 Å². The molecular weight excluding hydrogens is 228 g/mol. The Balaban J connectivity index is 2.49. The Morgan fingerprint density at radius 1 is 1.44 bits per heavy atom. The summed E-state index contributed by atoms with van der Waals surface area (Å²) < 4.78 is 7.58. The molecule has 1 rings (SSSR count). The molecule has 1 atom stereocenters. The monoisotopic (exact) mass is 254 g/mol. The smallest absolute Gasteiger partial charge is 0.0843 e. The van der Waals surface area contributed by atoms with Gasteiger partial charge in [-0.2, -0.15) is 0 Å². The Hall–Kier alpha value is -0.940. The molecule has 0 saturated carbocycles. The number of aryl methyl sites for hydroxylation is 1. The van der Waals surface area contributed by atoms with Gasteiger partial charge in [-0.25, -0.2) is 0 Å². The summed E-state index contributed by atoms with van der Waals surface area (Å²) in [5.41, 5.74) is 0.901. The zero-order chi connectivity index (χ0) is 13.6. The normalized spacial score (nSPS) is 13.8. The van der Waals surface area contributed by atoms with Crippen molar-refractivity contribution in [2.75, 3.05) is 13.2 Å². The Labute approximate surface area is 110 Å². The third kappa shape index (κ3) is 6.12. The van der Waals surface area contributed by atoms with E-state index >= 15 is 0 Å². The van der Waals surface area contributed by atoms with Crippen molar-refractivity contribution in [2.24, 2.45) is 7.05 Å². The average molecular weight is 254 g/mol. The molecule has 5 heteroatoms. The molecule has 1 heterocycles. The fraction of sp³-hybridized carbons (Fsp3) is 0.846. The van der Waals surface area contributed by atoms with Crippen LogP contribution in [-0.2, 0) is 18.2 Å². The van der Waals surface area contributed by atoms with Crippen LogP contribution in [-0.4, -0.2) is 39.8 Å². The minimum absolute atomic E-state index is 0.103. The van der Waals surface area contributed by atoms with Gasteiger partial charge in [0.2, 0.25) is 0 Å². The molecule has 0 aliphatic carbocycles. The number of aromatic nitrogens is 3. The van der Waals surface area contributed by atoms with Crippen LogP contribution in [0.3, 0.4) is 0 Å². The highest BCUT2D eigenvalue weighted by Gasteiger charge is 2.16. The summed E-state index contributed by atoms with van der Waals surface area (Å²) in [6.45, 7) is 10.1. The summed E-state index contributed by atoms with van der Waals surface area (Å²) in [6.07, 6.45) is 3.92. The number of hydrogen-bond acceptors (Lipinski definition) is 4. The van der Waals surface area contributed by atoms with Crippen LogP contribution in [0.2, 0.25) is 0 Å². The maximum Gasteiger partial charge on any atom is 0.0843 e. The first-order valence-corrected chi connectivity index (χ1v) is 6.63. The Bertz CT molecular complexity index is 343. The van der Waals surface area contributed by atoms with Gasteiger partial charge in [0.1, 0.15) is 0 Å². The van der Waals surface area contributed by atoms with Crippen molar-refractivity contribution < 1.29 is 4.74 Å². The molecule has 0 fully saturated rings. The standard InChI is InChI=1S/C13H26N4O/c1-6-7-14-12(10-18-13(2,3)4)8-11-9-17(5)16-15-11/h9,12,14H,6-8,10H2,1-5H3. The lowest BCUT2D eigenvalue weighted by Crippen LogP contribution is -2.38. The molecule has 1 aromatic heterocycles. The molecule has 0 radical (unpaired) electrons. The molecule has 5 nitrogen and oxygen atoms in total. The van der Waals surface area contributed by atoms with Gasteiger partial charge >= 0.3 is 0 Å². The van der Waals surface area contributed by atoms with Gasteiger partial charge < -0.3 is 10.1 Å². The lowest BCUT2D eigenvalue weighted by molar-refractivity contribution is -0.0144. The van der Waals surface area contributed by atoms with Gasteiger partial charge in [-0.15, -0.1) is 5.10 Å². The average Bonchev–Trinajstić information content (AvgIpc) is 2.67. The first-order valence-electron chi connectivity index (χ1n) is 6.63. The van der Waals surface area contributed by atoms with Gasteiger partial charge in [0, 0.05) is 25.7 Å². The molecule has 0 aromatic carbocycles. The highest BCUT2D eigenvalue weighted by atomic mass is 16.5. The van der Waals surface area contributed by atoms with Crippen molar-refractivity contribution in [3.8, 4) is 0 Å². The quantitative estimate of drug-likeness (QED) is 0.802. The third-order valence-corrected chi connectivity index (χ3v) is 2.51. The largest absolute Gasteiger partial charge is 0.374 e. The fourth-order valence-electron chi connectivity index (χ4n) is 1.63. The predicted octanol–water partition coefficient (Wildman–Crippen LogP) is 1.54. The zero-order valence-electron chi connectivity index (χ0n) is 12.2. The topological polar surface area (TPSA) is 52.0 Å². The zero-order valence-corrected chi connectivity index (χ0v) is 12.2. The molecular formula is C13H26N4O. The fourth-order valence-corrected chi connectivity index (χ4v) is 1.63. The summed E-state index contributed by atoms with van der Waals surface area (Å²) in [5.74, 6) is 0. The Kier molecular flexibility index (Phi) is 5.75. The van der Waals surface area contributed by atoms with Crippen LogP contribution in [0, 0.1) is 0 Å². The van der Waals surface area contributed by atoms with Crippen molar-refractivity contribution in [3.05, 3.63) is 11.9 Å². The first kappa shape index (κ1) is 15.1. The second kappa shape index (κ2) is 6.85. The minimum Gasteiger partial charge on any atom is -0.374 e. The van der Waals surface area contributed by atoms with E-state index in [1.807, 2.05) is 13.2 Å². The summed E-state index contributed by atoms with van der Waals surface area (Å²) in [7, 11) is 1.89. The number of rotatable bonds is 7. The van der Waals surface area contributed by atoms with Crippen LogP contribution in [0.4, 0.5) is 0 Å². The number of nitrogens with one attached hydrogen (secondary N) is 1. The highest BCUT2D eigenvalue weighted by molar-refractivity contribution is 4.96. The van der Waals surface area contributed by atoms with Crippen LogP contribution in [0.15, 0.2) is 6.20 Å². The third-order valence-electron chi connectivity index (χ3n) is 2.51. The predicted molar refractivity (Wildman–Crippen MR) is 72.5 cm³/mol. The van der Waals surface area contributed by atoms with Gasteiger partial charge in [0.05, 0.1) is 17.9 Å². The van der Waals surface area contributed by atoms with Crippen molar-refractivity contribution >= 4 is 0 Å². The lowest BCUT2D eigenvalue weighted by atomic mass is 10.1. The van der Waals surface area contributed by atoms with Crippen molar-refractivity contribution in [1.82, 2.24) is 20.3 Å². The number of nitrogens with zero attached hydrogens (tertiary/aromatic N) is 3. The molecule has 1 unspecified atom stereocenters. The molecule has 0 saturated heterocycles. The van der Waals surface area contributed by atoms with E-state index in [9.17, 15) is 0 Å². The molecule has 1 aromatic rings. The first-order chi connectivity index (χ1) is 8.40. The van der Waals surface area contributed by atoms with E-state index in [1.165, 1.54) is 0 Å². The summed E-state index contributed by atoms with van der Waals surface area (Å²) >= 11 is 0. The van der Waals surface area contributed by atoms with Crippen molar-refractivity contribution in [1.29, 1.82) is 0 Å². The molecule has 0 aliphatic heterocycles. The number of ether oxygens (including phenoxy) is 1. The van der Waals surface area contributed by atoms with Gasteiger partial charge in [0.15, 0.2) is 0 Å². The number of hydrogen-bond donors (Lipinski definition) is 1. The van der Waals surface area contributed by atoms with Crippen LogP contribution in [0.5, 0.6) is 0 Å². The van der Waals surface area contributed by atoms with Gasteiger partial charge in [-0.1, -0.05) is 12.1 Å². The second-order valence-corrected chi connectivity index (χ2v) is 5.66. The van der Waals surface area contributed by atoms with Crippen LogP contribution in [0.1, 0.15) is 39.8 Å². The molecule has 1 N–H and O–H groups in total. The van der Waals surface area contributed by atoms with Crippen molar-refractivity contribution in [3.63, 3.8) is 0 Å². The molecule has 0 amide bonds. The van der Waals surface area contributed by atoms with Gasteiger partial charge in [-0.05, 0) is 33.7 Å². The van der Waals surface area contributed by atoms with E-state index in [4.69, 9.17) is 4.74 Å². The Morgan fingerprint density at radius 2 is 2.17 bits per heavy atom. The maximum absolute atomic E-state index is 5.85. The SMILES string of the molecule is CCCNC(COC(C)(C)C)Cc1cn(C)nn1. The van der Waals surface area contributed by atoms with E-state index in [1.54, 1.807) is 4.68 Å². The van der Waals surface area contributed by atoms with Crippen LogP contribution in [0.25, 0.3) is 0 Å². The van der Waals surface area contributed by atoms with Crippen molar-refractivity contribution in [2.45, 2.75) is 52.2 Å². The van der Waals surface area contributed by atoms with Gasteiger partial charge in [-0.3, -0.25) is 4.68 Å². The van der Waals surface area contributed by atoms with Crippen LogP contribution < -0.4 is 5.32 Å². The lowest BCUT2D eigenvalue weighted by Gasteiger charge is -2.24. The van der Waals surface area contributed by atoms with Crippen LogP contribution >= 0.6 is 0 Å². The molecule has 18 heavy (non-hydrogen) atoms. The summed E-state index contributed by atoms with van der Waals surface area (Å²) in [4.78, 5) is 0. The molecule has 0 spiro atoms. The van der Waals surface area contributed by atoms with E-state index in [2.05, 4.69) is 43.3 Å². The molecule has 104 valence electrons. The Morgan fingerprint density at radius 3 is 2.67 bits per heavy atom. The molecule has 0 bridgehead atoms.